The number of fused-ring (bicyclic) bond motifs is 2. The van der Waals surface area contributed by atoms with E-state index in [0.29, 0.717) is 64.0 Å². The van der Waals surface area contributed by atoms with Crippen molar-refractivity contribution in [2.75, 3.05) is 36.8 Å². The van der Waals surface area contributed by atoms with Crippen LogP contribution in [0, 0.1) is 11.6 Å². The van der Waals surface area contributed by atoms with Crippen LogP contribution in [0.5, 0.6) is 0 Å². The van der Waals surface area contributed by atoms with Crippen molar-refractivity contribution < 1.29 is 27.9 Å². The van der Waals surface area contributed by atoms with Crippen LogP contribution in [0.1, 0.15) is 79.3 Å². The Hall–Kier alpha value is -7.87. The van der Waals surface area contributed by atoms with E-state index in [1.165, 1.54) is 48.5 Å². The van der Waals surface area contributed by atoms with Crippen LogP contribution in [0.3, 0.4) is 0 Å². The minimum atomic E-state index is -0.515. The zero-order chi connectivity index (χ0) is 46.7. The number of pyridine rings is 2. The molecule has 10 rings (SSSR count). The highest BCUT2D eigenvalue weighted by atomic mass is 19.1. The van der Waals surface area contributed by atoms with E-state index in [0.717, 1.165) is 61.0 Å². The van der Waals surface area contributed by atoms with Crippen LogP contribution in [0.25, 0.3) is 44.3 Å². The first-order chi connectivity index (χ1) is 32.3. The lowest BCUT2D eigenvalue weighted by atomic mass is 10.1. The Morgan fingerprint density at radius 1 is 0.642 bits per heavy atom. The lowest BCUT2D eigenvalue weighted by Crippen LogP contribution is -2.42. The molecule has 18 nitrogen and oxygen atoms in total. The minimum absolute atomic E-state index is 0.170. The number of benzene rings is 2. The summed E-state index contributed by atoms with van der Waals surface area (Å²) in [5.41, 5.74) is 4.67. The molecule has 0 saturated carbocycles. The molecule has 2 aliphatic heterocycles. The molecule has 8 heterocycles. The fraction of sp³-hybridized carbons (Fsp3) is 0.298. The number of likely N-dealkylation sites (tertiary alicyclic amines) is 1. The van der Waals surface area contributed by atoms with Gasteiger partial charge >= 0.3 is 6.09 Å². The molecule has 20 heteroatoms. The number of aromatic nitrogens is 10. The quantitative estimate of drug-likeness (QED) is 0.0986. The fourth-order valence-corrected chi connectivity index (χ4v) is 7.96. The Bertz CT molecular complexity index is 3030. The Morgan fingerprint density at radius 2 is 1.09 bits per heavy atom. The van der Waals surface area contributed by atoms with Crippen molar-refractivity contribution in [2.24, 2.45) is 0 Å². The summed E-state index contributed by atoms with van der Waals surface area (Å²) in [4.78, 5) is 48.0. The molecular weight excluding hydrogens is 863 g/mol. The van der Waals surface area contributed by atoms with E-state index in [1.54, 1.807) is 23.5 Å². The molecule has 2 aromatic carbocycles. The van der Waals surface area contributed by atoms with Crippen molar-refractivity contribution >= 4 is 51.6 Å². The monoisotopic (exact) mass is 910 g/mol. The van der Waals surface area contributed by atoms with Gasteiger partial charge in [0.2, 0.25) is 0 Å². The zero-order valence-electron chi connectivity index (χ0n) is 37.0. The summed E-state index contributed by atoms with van der Waals surface area (Å²) < 4.78 is 35.7. The number of nitrogens with zero attached hydrogens (tertiary/aromatic N) is 9. The molecule has 0 radical (unpaired) electrons. The molecule has 2 saturated heterocycles. The van der Waals surface area contributed by atoms with Crippen molar-refractivity contribution in [1.29, 1.82) is 0 Å². The lowest BCUT2D eigenvalue weighted by Gasteiger charge is -2.33. The average Bonchev–Trinajstić information content (AvgIpc) is 4.17. The highest BCUT2D eigenvalue weighted by molar-refractivity contribution is 6.08. The molecular formula is C47H48F2N14O4. The molecule has 344 valence electrons. The van der Waals surface area contributed by atoms with Crippen molar-refractivity contribution in [3.05, 3.63) is 121 Å². The number of rotatable bonds is 8. The molecule has 0 unspecified atom stereocenters. The number of H-pyrrole nitrogens is 2. The molecule has 6 aromatic heterocycles. The number of piperidine rings is 2. The van der Waals surface area contributed by atoms with Gasteiger partial charge in [-0.3, -0.25) is 29.2 Å². The summed E-state index contributed by atoms with van der Waals surface area (Å²) >= 11 is 0. The summed E-state index contributed by atoms with van der Waals surface area (Å²) in [5.74, 6) is -0.699. The SMILES string of the molecule is CC(C)(C)OC(=O)N1CCC(n2cc(-c3cnc4n[nH]c(NC(=O)c5ccc(F)cc5)c4c3)cn2)CC1.O=C(Nc1[nH]nc2ncc(-c3cnn(C4CCNCC4)c3)cc12)c1ccc(F)cc1. The molecule has 0 atom stereocenters. The Balaban J connectivity index is 0.000000171. The summed E-state index contributed by atoms with van der Waals surface area (Å²) in [5, 5.41) is 33.3. The second-order valence-electron chi connectivity index (χ2n) is 17.4. The van der Waals surface area contributed by atoms with Crippen LogP contribution in [0.4, 0.5) is 25.2 Å². The van der Waals surface area contributed by atoms with Gasteiger partial charge in [0.05, 0.1) is 35.2 Å². The first-order valence-corrected chi connectivity index (χ1v) is 21.9. The van der Waals surface area contributed by atoms with E-state index in [2.05, 4.69) is 56.5 Å². The highest BCUT2D eigenvalue weighted by Crippen LogP contribution is 2.31. The minimum Gasteiger partial charge on any atom is -0.444 e. The molecule has 3 amide bonds. The summed E-state index contributed by atoms with van der Waals surface area (Å²) in [6, 6.07) is 15.0. The van der Waals surface area contributed by atoms with E-state index in [9.17, 15) is 23.2 Å². The second kappa shape index (κ2) is 18.9. The first kappa shape index (κ1) is 44.3. The van der Waals surface area contributed by atoms with E-state index >= 15 is 0 Å². The van der Waals surface area contributed by atoms with Gasteiger partial charge in [-0.15, -0.1) is 0 Å². The number of ether oxygens (including phenoxy) is 1. The van der Waals surface area contributed by atoms with Gasteiger partial charge in [0, 0.05) is 71.3 Å². The standard InChI is InChI=1S/C26H28FN7O3.C21H20FN7O/c1-26(2,3)37-25(36)33-10-8-20(9-11-33)34-15-18(14-29-34)17-12-21-22(28-13-17)31-32-23(21)30-24(35)16-4-6-19(27)7-5-16;22-16-3-1-13(2-4-16)21(30)26-20-18-9-14(10-24-19(18)27-28-20)15-11-25-29(12-15)17-5-7-23-8-6-17/h4-7,12-15,20H,8-11H2,1-3H3,(H2,28,30,31,32,35);1-4,9-12,17,23H,5-8H2,(H2,24,26,27,28,30). The van der Waals surface area contributed by atoms with Gasteiger partial charge in [0.15, 0.2) is 11.3 Å². The number of nitrogens with one attached hydrogen (secondary N) is 5. The van der Waals surface area contributed by atoms with Crippen LogP contribution in [0.15, 0.2) is 97.8 Å². The summed E-state index contributed by atoms with van der Waals surface area (Å²) in [6.07, 6.45) is 14.5. The Kier molecular flexibility index (Phi) is 12.5. The van der Waals surface area contributed by atoms with Gasteiger partial charge in [0.25, 0.3) is 11.8 Å². The largest absolute Gasteiger partial charge is 0.444 e. The molecule has 2 aliphatic rings. The smallest absolute Gasteiger partial charge is 0.410 e. The molecule has 0 spiro atoms. The molecule has 67 heavy (non-hydrogen) atoms. The number of carbonyl (C=O) groups excluding carboxylic acids is 3. The second-order valence-corrected chi connectivity index (χ2v) is 17.4. The third kappa shape index (κ3) is 10.3. The normalized spacial score (nSPS) is 14.7. The molecule has 2 fully saturated rings. The van der Waals surface area contributed by atoms with Gasteiger partial charge in [-0.05, 0) is 120 Å². The predicted octanol–water partition coefficient (Wildman–Crippen LogP) is 7.92. The van der Waals surface area contributed by atoms with Crippen molar-refractivity contribution in [3.63, 3.8) is 0 Å². The molecule has 5 N–H and O–H groups in total. The number of carbonyl (C=O) groups is 3. The molecule has 8 aromatic rings. The van der Waals surface area contributed by atoms with E-state index in [4.69, 9.17) is 4.74 Å². The topological polar surface area (TPSA) is 219 Å². The summed E-state index contributed by atoms with van der Waals surface area (Å²) in [7, 11) is 0. The number of hydrogen-bond acceptors (Lipinski definition) is 11. The first-order valence-electron chi connectivity index (χ1n) is 21.9. The van der Waals surface area contributed by atoms with E-state index < -0.39 is 17.2 Å². The van der Waals surface area contributed by atoms with Crippen LogP contribution in [0.2, 0.25) is 0 Å². The van der Waals surface area contributed by atoms with Crippen LogP contribution >= 0.6 is 0 Å². The lowest BCUT2D eigenvalue weighted by molar-refractivity contribution is 0.0184. The number of anilines is 2. The van der Waals surface area contributed by atoms with Crippen LogP contribution < -0.4 is 16.0 Å². The van der Waals surface area contributed by atoms with Crippen LogP contribution in [-0.2, 0) is 4.74 Å². The van der Waals surface area contributed by atoms with Crippen molar-refractivity contribution in [1.82, 2.24) is 60.1 Å². The van der Waals surface area contributed by atoms with Gasteiger partial charge in [-0.25, -0.2) is 23.5 Å². The number of halogens is 2. The zero-order valence-corrected chi connectivity index (χ0v) is 37.0. The number of hydrogen-bond donors (Lipinski definition) is 5. The average molecular weight is 911 g/mol. The van der Waals surface area contributed by atoms with Gasteiger partial charge in [-0.1, -0.05) is 0 Å². The fourth-order valence-electron chi connectivity index (χ4n) is 7.96. The maximum absolute atomic E-state index is 13.2. The highest BCUT2D eigenvalue weighted by Gasteiger charge is 2.28. The number of aromatic amines is 2. The van der Waals surface area contributed by atoms with Crippen molar-refractivity contribution in [3.8, 4) is 22.3 Å². The maximum atomic E-state index is 13.2. The molecule has 0 aliphatic carbocycles. The van der Waals surface area contributed by atoms with Gasteiger partial charge in [0.1, 0.15) is 28.9 Å². The Labute approximate surface area is 382 Å². The Morgan fingerprint density at radius 3 is 1.54 bits per heavy atom. The van der Waals surface area contributed by atoms with Gasteiger partial charge < -0.3 is 25.6 Å². The maximum Gasteiger partial charge on any atom is 0.410 e. The predicted molar refractivity (Wildman–Crippen MR) is 246 cm³/mol. The number of amides is 3. The van der Waals surface area contributed by atoms with E-state index in [-0.39, 0.29) is 23.9 Å². The van der Waals surface area contributed by atoms with Crippen LogP contribution in [-0.4, -0.2) is 105 Å². The third-order valence-corrected chi connectivity index (χ3v) is 11.6. The van der Waals surface area contributed by atoms with E-state index in [1.807, 2.05) is 60.9 Å². The molecule has 0 bridgehead atoms. The third-order valence-electron chi connectivity index (χ3n) is 11.6. The van der Waals surface area contributed by atoms with Gasteiger partial charge in [-0.2, -0.15) is 20.4 Å². The van der Waals surface area contributed by atoms with Crippen molar-refractivity contribution in [2.45, 2.75) is 64.1 Å². The summed E-state index contributed by atoms with van der Waals surface area (Å²) in [6.45, 7) is 8.80.